The minimum absolute atomic E-state index is 0.0427. The van der Waals surface area contributed by atoms with Crippen LogP contribution in [-0.4, -0.2) is 21.9 Å². The van der Waals surface area contributed by atoms with Crippen molar-refractivity contribution in [2.45, 2.75) is 25.4 Å². The Hall–Kier alpha value is -3.53. The van der Waals surface area contributed by atoms with Crippen LogP contribution >= 0.6 is 0 Å². The first-order valence-corrected chi connectivity index (χ1v) is 10.4. The zero-order chi connectivity index (χ0) is 20.3. The number of hydrogen-bond acceptors (Lipinski definition) is 2. The van der Waals surface area contributed by atoms with Crippen LogP contribution in [0.25, 0.3) is 11.3 Å². The van der Waals surface area contributed by atoms with E-state index >= 15 is 0 Å². The van der Waals surface area contributed by atoms with Crippen molar-refractivity contribution in [3.05, 3.63) is 108 Å². The molecule has 1 aliphatic rings. The fourth-order valence-electron chi connectivity index (χ4n) is 4.28. The third-order valence-corrected chi connectivity index (χ3v) is 5.78. The van der Waals surface area contributed by atoms with Gasteiger partial charge in [-0.05, 0) is 29.8 Å². The number of nitrogens with zero attached hydrogens (tertiary/aromatic N) is 2. The Bertz CT molecular complexity index is 1130. The zero-order valence-corrected chi connectivity index (χ0v) is 16.8. The van der Waals surface area contributed by atoms with Gasteiger partial charge in [0, 0.05) is 43.4 Å². The lowest BCUT2D eigenvalue weighted by atomic mass is 9.99. The molecule has 1 atom stereocenters. The minimum Gasteiger partial charge on any atom is -0.461 e. The average molecular weight is 396 g/mol. The van der Waals surface area contributed by atoms with Gasteiger partial charge in [-0.15, -0.1) is 0 Å². The maximum absolute atomic E-state index is 13.2. The van der Waals surface area contributed by atoms with Crippen molar-refractivity contribution in [1.29, 1.82) is 0 Å². The standard InChI is InChI=1S/C26H24N2O2/c29-25(16-14-22-13-15-24(30-22)20-8-3-1-4-9-20)28-19-18-27-17-7-12-23(27)26(28)21-10-5-2-6-11-21/h1-13,15,17,26H,14,16,18-19H2/t26-/m0/s1. The molecule has 0 spiro atoms. The van der Waals surface area contributed by atoms with E-state index in [-0.39, 0.29) is 11.9 Å². The molecule has 0 N–H and O–H groups in total. The highest BCUT2D eigenvalue weighted by Crippen LogP contribution is 2.33. The highest BCUT2D eigenvalue weighted by molar-refractivity contribution is 5.77. The number of fused-ring (bicyclic) bond motifs is 1. The predicted molar refractivity (Wildman–Crippen MR) is 117 cm³/mol. The molecule has 0 saturated carbocycles. The summed E-state index contributed by atoms with van der Waals surface area (Å²) in [6.07, 6.45) is 3.14. The molecule has 0 saturated heterocycles. The van der Waals surface area contributed by atoms with Gasteiger partial charge < -0.3 is 13.9 Å². The van der Waals surface area contributed by atoms with Crippen LogP contribution in [-0.2, 0) is 17.8 Å². The first-order chi connectivity index (χ1) is 14.8. The van der Waals surface area contributed by atoms with Crippen LogP contribution < -0.4 is 0 Å². The van der Waals surface area contributed by atoms with Gasteiger partial charge in [-0.1, -0.05) is 60.7 Å². The molecular formula is C26H24N2O2. The largest absolute Gasteiger partial charge is 0.461 e. The molecule has 0 aliphatic carbocycles. The zero-order valence-electron chi connectivity index (χ0n) is 16.8. The van der Waals surface area contributed by atoms with Gasteiger partial charge in [0.05, 0.1) is 6.04 Å². The first kappa shape index (κ1) is 18.5. The van der Waals surface area contributed by atoms with E-state index in [2.05, 4.69) is 35.0 Å². The van der Waals surface area contributed by atoms with Crippen molar-refractivity contribution in [3.63, 3.8) is 0 Å². The van der Waals surface area contributed by atoms with Crippen molar-refractivity contribution >= 4 is 5.91 Å². The molecule has 4 nitrogen and oxygen atoms in total. The summed E-state index contributed by atoms with van der Waals surface area (Å²) in [5.74, 6) is 1.85. The van der Waals surface area contributed by atoms with Crippen LogP contribution in [0.2, 0.25) is 0 Å². The summed E-state index contributed by atoms with van der Waals surface area (Å²) < 4.78 is 8.24. The van der Waals surface area contributed by atoms with Gasteiger partial charge in [-0.2, -0.15) is 0 Å². The van der Waals surface area contributed by atoms with Crippen molar-refractivity contribution < 1.29 is 9.21 Å². The number of aromatic nitrogens is 1. The Morgan fingerprint density at radius 3 is 2.43 bits per heavy atom. The van der Waals surface area contributed by atoms with E-state index in [1.165, 1.54) is 5.69 Å². The van der Waals surface area contributed by atoms with E-state index in [0.717, 1.165) is 29.2 Å². The molecule has 4 heteroatoms. The topological polar surface area (TPSA) is 38.4 Å². The maximum Gasteiger partial charge on any atom is 0.223 e. The summed E-state index contributed by atoms with van der Waals surface area (Å²) in [7, 11) is 0. The number of aryl methyl sites for hydroxylation is 1. The Labute approximate surface area is 176 Å². The van der Waals surface area contributed by atoms with Gasteiger partial charge in [-0.3, -0.25) is 4.79 Å². The monoisotopic (exact) mass is 396 g/mol. The van der Waals surface area contributed by atoms with Crippen molar-refractivity contribution in [2.24, 2.45) is 0 Å². The van der Waals surface area contributed by atoms with Gasteiger partial charge >= 0.3 is 0 Å². The van der Waals surface area contributed by atoms with Crippen molar-refractivity contribution in [1.82, 2.24) is 9.47 Å². The molecule has 4 aromatic rings. The summed E-state index contributed by atoms with van der Waals surface area (Å²) in [6, 6.07) is 28.4. The molecule has 150 valence electrons. The third kappa shape index (κ3) is 3.57. The van der Waals surface area contributed by atoms with E-state index in [9.17, 15) is 4.79 Å². The first-order valence-electron chi connectivity index (χ1n) is 10.4. The van der Waals surface area contributed by atoms with Crippen LogP contribution in [0.1, 0.15) is 29.5 Å². The van der Waals surface area contributed by atoms with Gasteiger partial charge in [0.25, 0.3) is 0 Å². The Morgan fingerprint density at radius 2 is 1.63 bits per heavy atom. The number of rotatable bonds is 5. The summed E-state index contributed by atoms with van der Waals surface area (Å²) in [5.41, 5.74) is 3.37. The molecule has 1 amide bonds. The quantitative estimate of drug-likeness (QED) is 0.458. The molecule has 0 fully saturated rings. The number of carbonyl (C=O) groups is 1. The maximum atomic E-state index is 13.2. The second-order valence-corrected chi connectivity index (χ2v) is 7.66. The molecule has 0 radical (unpaired) electrons. The molecule has 3 heterocycles. The number of carbonyl (C=O) groups excluding carboxylic acids is 1. The van der Waals surface area contributed by atoms with Crippen LogP contribution in [0.5, 0.6) is 0 Å². The minimum atomic E-state index is -0.0427. The highest BCUT2D eigenvalue weighted by atomic mass is 16.3. The molecule has 2 aromatic carbocycles. The molecule has 5 rings (SSSR count). The lowest BCUT2D eigenvalue weighted by Gasteiger charge is -2.37. The summed E-state index contributed by atoms with van der Waals surface area (Å²) >= 11 is 0. The van der Waals surface area contributed by atoms with Gasteiger partial charge in [-0.25, -0.2) is 0 Å². The highest BCUT2D eigenvalue weighted by Gasteiger charge is 2.31. The molecular weight excluding hydrogens is 372 g/mol. The van der Waals surface area contributed by atoms with Crippen LogP contribution in [0.15, 0.2) is 95.5 Å². The van der Waals surface area contributed by atoms with Crippen LogP contribution in [0.3, 0.4) is 0 Å². The normalized spacial score (nSPS) is 15.7. The van der Waals surface area contributed by atoms with E-state index < -0.39 is 0 Å². The third-order valence-electron chi connectivity index (χ3n) is 5.78. The van der Waals surface area contributed by atoms with Gasteiger partial charge in [0.1, 0.15) is 11.5 Å². The lowest BCUT2D eigenvalue weighted by molar-refractivity contribution is -0.133. The molecule has 0 unspecified atom stereocenters. The number of furan rings is 1. The summed E-state index contributed by atoms with van der Waals surface area (Å²) in [6.45, 7) is 1.55. The number of benzene rings is 2. The Balaban J connectivity index is 1.33. The average Bonchev–Trinajstić information content (AvgIpc) is 3.47. The summed E-state index contributed by atoms with van der Waals surface area (Å²) in [4.78, 5) is 15.3. The molecule has 0 bridgehead atoms. The van der Waals surface area contributed by atoms with Crippen molar-refractivity contribution in [3.8, 4) is 11.3 Å². The Morgan fingerprint density at radius 1 is 0.867 bits per heavy atom. The van der Waals surface area contributed by atoms with Crippen LogP contribution in [0.4, 0.5) is 0 Å². The SMILES string of the molecule is O=C(CCc1ccc(-c2ccccc2)o1)N1CCn2cccc2[C@@H]1c1ccccc1. The number of amides is 1. The van der Waals surface area contributed by atoms with Gasteiger partial charge in [0.2, 0.25) is 5.91 Å². The van der Waals surface area contributed by atoms with Crippen molar-refractivity contribution in [2.75, 3.05) is 6.54 Å². The lowest BCUT2D eigenvalue weighted by Crippen LogP contribution is -2.42. The van der Waals surface area contributed by atoms with Crippen LogP contribution in [0, 0.1) is 0 Å². The molecule has 1 aliphatic heterocycles. The molecule has 30 heavy (non-hydrogen) atoms. The molecule has 2 aromatic heterocycles. The van der Waals surface area contributed by atoms with E-state index in [1.54, 1.807) is 0 Å². The Kier molecular flexibility index (Phi) is 4.98. The van der Waals surface area contributed by atoms with E-state index in [4.69, 9.17) is 4.42 Å². The fourth-order valence-corrected chi connectivity index (χ4v) is 4.28. The predicted octanol–water partition coefficient (Wildman–Crippen LogP) is 5.31. The number of hydrogen-bond donors (Lipinski definition) is 0. The second-order valence-electron chi connectivity index (χ2n) is 7.66. The smallest absolute Gasteiger partial charge is 0.223 e. The van der Waals surface area contributed by atoms with E-state index in [0.29, 0.717) is 19.4 Å². The van der Waals surface area contributed by atoms with Gasteiger partial charge in [0.15, 0.2) is 0 Å². The fraction of sp³-hybridized carbons (Fsp3) is 0.192. The second kappa shape index (κ2) is 8.07. The van der Waals surface area contributed by atoms with E-state index in [1.807, 2.05) is 65.6 Å². The summed E-state index contributed by atoms with van der Waals surface area (Å²) in [5, 5.41) is 0.